The van der Waals surface area contributed by atoms with Crippen LogP contribution in [0.2, 0.25) is 0 Å². The van der Waals surface area contributed by atoms with E-state index in [-0.39, 0.29) is 11.8 Å². The minimum atomic E-state index is -0.993. The Bertz CT molecular complexity index is 796. The maximum Gasteiger partial charge on any atom is 0.354 e. The van der Waals surface area contributed by atoms with Crippen molar-refractivity contribution < 1.29 is 14.6 Å². The molecule has 0 bridgehead atoms. The molecule has 1 aromatic heterocycles. The molecule has 138 valence electrons. The van der Waals surface area contributed by atoms with Crippen LogP contribution in [-0.2, 0) is 0 Å². The van der Waals surface area contributed by atoms with Crippen molar-refractivity contribution in [3.05, 3.63) is 35.7 Å². The van der Waals surface area contributed by atoms with Gasteiger partial charge in [-0.05, 0) is 80.9 Å². The van der Waals surface area contributed by atoms with Gasteiger partial charge in [0.2, 0.25) is 0 Å². The second-order valence-corrected chi connectivity index (χ2v) is 7.16. The van der Waals surface area contributed by atoms with Crippen LogP contribution in [0.4, 0.5) is 0 Å². The Hall–Kier alpha value is -2.18. The number of carboxylic acid groups (broad SMARTS) is 1. The first-order valence-corrected chi connectivity index (χ1v) is 9.46. The number of aromatic nitrogens is 1. The van der Waals surface area contributed by atoms with Crippen molar-refractivity contribution in [3.8, 4) is 5.75 Å². The summed E-state index contributed by atoms with van der Waals surface area (Å²) < 4.78 is 6.27. The lowest BCUT2D eigenvalue weighted by Gasteiger charge is -2.27. The molecule has 2 fully saturated rings. The molecule has 4 rings (SSSR count). The molecule has 1 aromatic carbocycles. The van der Waals surface area contributed by atoms with Crippen LogP contribution < -0.4 is 15.4 Å². The molecule has 2 aliphatic heterocycles. The number of rotatable bonds is 4. The van der Waals surface area contributed by atoms with Crippen molar-refractivity contribution in [2.45, 2.75) is 37.7 Å². The number of piperidine rings is 2. The fourth-order valence-electron chi connectivity index (χ4n) is 4.04. The lowest BCUT2D eigenvalue weighted by Crippen LogP contribution is -2.34. The van der Waals surface area contributed by atoms with Gasteiger partial charge in [0.15, 0.2) is 0 Å². The predicted molar refractivity (Wildman–Crippen MR) is 100 cm³/mol. The molecule has 26 heavy (non-hydrogen) atoms. The molecule has 6 heteroatoms. The summed E-state index contributed by atoms with van der Waals surface area (Å²) in [4.78, 5) is 15.6. The number of carboxylic acids is 1. The normalized spacial score (nSPS) is 19.5. The van der Waals surface area contributed by atoms with Crippen LogP contribution in [0.3, 0.4) is 0 Å². The van der Waals surface area contributed by atoms with E-state index in [1.165, 1.54) is 5.56 Å². The highest BCUT2D eigenvalue weighted by atomic mass is 16.5. The number of nitrogens with one attached hydrogen (secondary N) is 2. The van der Waals surface area contributed by atoms with Crippen LogP contribution in [0, 0.1) is 0 Å². The first-order valence-electron chi connectivity index (χ1n) is 9.46. The number of benzene rings is 1. The average molecular weight is 355 g/mol. The van der Waals surface area contributed by atoms with Crippen LogP contribution in [0.5, 0.6) is 5.75 Å². The Morgan fingerprint density at radius 1 is 1.04 bits per heavy atom. The summed E-state index contributed by atoms with van der Waals surface area (Å²) in [5, 5.41) is 18.0. The van der Waals surface area contributed by atoms with Crippen molar-refractivity contribution in [3.63, 3.8) is 0 Å². The Balaban J connectivity index is 1.75. The zero-order chi connectivity index (χ0) is 17.9. The van der Waals surface area contributed by atoms with Crippen molar-refractivity contribution in [2.75, 3.05) is 26.2 Å². The number of carbonyl (C=O) groups is 1. The van der Waals surface area contributed by atoms with Gasteiger partial charge in [-0.1, -0.05) is 6.07 Å². The molecule has 3 heterocycles. The number of ether oxygens (including phenoxy) is 1. The van der Waals surface area contributed by atoms with Gasteiger partial charge in [-0.2, -0.15) is 0 Å². The number of hydrogen-bond acceptors (Lipinski definition) is 5. The van der Waals surface area contributed by atoms with Crippen molar-refractivity contribution in [1.82, 2.24) is 15.6 Å². The Labute approximate surface area is 153 Å². The summed E-state index contributed by atoms with van der Waals surface area (Å²) in [6.07, 6.45) is 5.96. The van der Waals surface area contributed by atoms with Crippen molar-refractivity contribution in [1.29, 1.82) is 0 Å². The largest absolute Gasteiger partial charge is 0.490 e. The molecule has 0 unspecified atom stereocenters. The molecular formula is C20H25N3O3. The second kappa shape index (κ2) is 7.60. The Kier molecular flexibility index (Phi) is 5.04. The van der Waals surface area contributed by atoms with Crippen LogP contribution >= 0.6 is 0 Å². The maximum atomic E-state index is 11.4. The molecule has 0 saturated carbocycles. The van der Waals surface area contributed by atoms with Crippen LogP contribution in [0.1, 0.15) is 47.7 Å². The Morgan fingerprint density at radius 2 is 1.73 bits per heavy atom. The first kappa shape index (κ1) is 17.2. The summed E-state index contributed by atoms with van der Waals surface area (Å²) in [5.74, 6) is 0.262. The lowest BCUT2D eigenvalue weighted by molar-refractivity contribution is 0.0690. The zero-order valence-corrected chi connectivity index (χ0v) is 14.8. The third kappa shape index (κ3) is 3.52. The standard InChI is InChI=1S/C20H25N3O3/c24-20(25)18-11-16-15(13-3-7-21-8-4-13)1-2-19(17(16)12-23-18)26-14-5-9-22-10-6-14/h1-2,11-14,21-22H,3-10H2,(H,24,25). The molecule has 0 atom stereocenters. The quantitative estimate of drug-likeness (QED) is 0.782. The lowest BCUT2D eigenvalue weighted by atomic mass is 9.87. The molecule has 0 aliphatic carbocycles. The topological polar surface area (TPSA) is 83.5 Å². The number of aromatic carboxylic acids is 1. The van der Waals surface area contributed by atoms with Gasteiger partial charge < -0.3 is 20.5 Å². The predicted octanol–water partition coefficient (Wildman–Crippen LogP) is 2.53. The van der Waals surface area contributed by atoms with Crippen LogP contribution in [0.25, 0.3) is 10.8 Å². The fraction of sp³-hybridized carbons (Fsp3) is 0.500. The molecule has 3 N–H and O–H groups in total. The maximum absolute atomic E-state index is 11.4. The fourth-order valence-corrected chi connectivity index (χ4v) is 4.04. The average Bonchev–Trinajstić information content (AvgIpc) is 2.69. The van der Waals surface area contributed by atoms with E-state index in [0.717, 1.165) is 68.4 Å². The third-order valence-electron chi connectivity index (χ3n) is 5.47. The van der Waals surface area contributed by atoms with Crippen molar-refractivity contribution >= 4 is 16.7 Å². The van der Waals surface area contributed by atoms with Crippen molar-refractivity contribution in [2.24, 2.45) is 0 Å². The molecule has 0 amide bonds. The minimum absolute atomic E-state index is 0.0895. The number of fused-ring (bicyclic) bond motifs is 1. The van der Waals surface area contributed by atoms with Gasteiger partial charge in [0.1, 0.15) is 17.5 Å². The highest BCUT2D eigenvalue weighted by molar-refractivity contribution is 5.96. The summed E-state index contributed by atoms with van der Waals surface area (Å²) in [5.41, 5.74) is 1.30. The third-order valence-corrected chi connectivity index (χ3v) is 5.47. The van der Waals surface area contributed by atoms with E-state index in [4.69, 9.17) is 4.74 Å². The van der Waals surface area contributed by atoms with Gasteiger partial charge in [-0.3, -0.25) is 0 Å². The summed E-state index contributed by atoms with van der Waals surface area (Å²) in [6, 6.07) is 5.88. The number of nitrogens with zero attached hydrogens (tertiary/aromatic N) is 1. The summed E-state index contributed by atoms with van der Waals surface area (Å²) in [6.45, 7) is 3.93. The van der Waals surface area contributed by atoms with Gasteiger partial charge in [-0.15, -0.1) is 0 Å². The molecule has 2 aliphatic rings. The van der Waals surface area contributed by atoms with E-state index in [2.05, 4.69) is 21.7 Å². The van der Waals surface area contributed by atoms with Gasteiger partial charge in [0.25, 0.3) is 0 Å². The molecular weight excluding hydrogens is 330 g/mol. The minimum Gasteiger partial charge on any atom is -0.490 e. The Morgan fingerprint density at radius 3 is 2.42 bits per heavy atom. The smallest absolute Gasteiger partial charge is 0.354 e. The van der Waals surface area contributed by atoms with Gasteiger partial charge in [0.05, 0.1) is 0 Å². The summed E-state index contributed by atoms with van der Waals surface area (Å²) in [7, 11) is 0. The highest BCUT2D eigenvalue weighted by Gasteiger charge is 2.22. The van der Waals surface area contributed by atoms with Gasteiger partial charge in [0, 0.05) is 11.6 Å². The van der Waals surface area contributed by atoms with Gasteiger partial charge in [-0.25, -0.2) is 9.78 Å². The second-order valence-electron chi connectivity index (χ2n) is 7.16. The van der Waals surface area contributed by atoms with Crippen LogP contribution in [0.15, 0.2) is 24.4 Å². The van der Waals surface area contributed by atoms with E-state index < -0.39 is 5.97 Å². The number of hydrogen-bond donors (Lipinski definition) is 3. The van der Waals surface area contributed by atoms with E-state index in [1.807, 2.05) is 6.07 Å². The SMILES string of the molecule is O=C(O)c1cc2c(C3CCNCC3)ccc(OC3CCNCC3)c2cn1. The molecule has 0 spiro atoms. The molecule has 2 saturated heterocycles. The summed E-state index contributed by atoms with van der Waals surface area (Å²) >= 11 is 0. The van der Waals surface area contributed by atoms with Gasteiger partial charge >= 0.3 is 5.97 Å². The van der Waals surface area contributed by atoms with E-state index >= 15 is 0 Å². The monoisotopic (exact) mass is 355 g/mol. The molecule has 0 radical (unpaired) electrons. The highest BCUT2D eigenvalue weighted by Crippen LogP contribution is 2.36. The first-order chi connectivity index (χ1) is 12.7. The van der Waals surface area contributed by atoms with E-state index in [1.54, 1.807) is 12.3 Å². The molecule has 6 nitrogen and oxygen atoms in total. The van der Waals surface area contributed by atoms with Crippen LogP contribution in [-0.4, -0.2) is 48.3 Å². The zero-order valence-electron chi connectivity index (χ0n) is 14.8. The van der Waals surface area contributed by atoms with E-state index in [0.29, 0.717) is 5.92 Å². The molecule has 2 aromatic rings. The van der Waals surface area contributed by atoms with E-state index in [9.17, 15) is 9.90 Å². The number of pyridine rings is 1.